The highest BCUT2D eigenvalue weighted by Crippen LogP contribution is 2.64. The Hall–Kier alpha value is -2.20. The fourth-order valence-electron chi connectivity index (χ4n) is 18.1. The molecule has 16 aliphatic carbocycles. The van der Waals surface area contributed by atoms with Crippen LogP contribution in [-0.2, 0) is 28.7 Å². The summed E-state index contributed by atoms with van der Waals surface area (Å²) in [5, 5.41) is 39.2. The van der Waals surface area contributed by atoms with Gasteiger partial charge in [-0.2, -0.15) is 0 Å². The smallest absolute Gasteiger partial charge is 0.311 e. The minimum absolute atomic E-state index is 0.0521. The number of carboxylic acids is 2. The number of aliphatic hydroxyl groups is 2. The molecule has 16 rings (SSSR count). The molecule has 0 spiro atoms. The maximum atomic E-state index is 11.9. The first-order valence-electron chi connectivity index (χ1n) is 22.5. The predicted molar refractivity (Wildman–Crippen MR) is 205 cm³/mol. The minimum atomic E-state index is -0.676. The van der Waals surface area contributed by atoms with Crippen molar-refractivity contribution in [3.63, 3.8) is 0 Å². The van der Waals surface area contributed by atoms with Gasteiger partial charge < -0.3 is 29.9 Å². The number of carboxylic acid groups (broad SMARTS) is 2. The van der Waals surface area contributed by atoms with E-state index < -0.39 is 28.6 Å². The fourth-order valence-corrected chi connectivity index (χ4v) is 18.1. The zero-order valence-corrected chi connectivity index (χ0v) is 34.0. The van der Waals surface area contributed by atoms with Crippen LogP contribution < -0.4 is 0 Å². The molecule has 0 aromatic rings. The Kier molecular flexibility index (Phi) is 9.59. The molecule has 10 nitrogen and oxygen atoms in total. The van der Waals surface area contributed by atoms with Crippen molar-refractivity contribution in [2.75, 3.05) is 14.2 Å². The van der Waals surface area contributed by atoms with Crippen LogP contribution in [0.2, 0.25) is 0 Å². The quantitative estimate of drug-likeness (QED) is 0.209. The molecular formula is C46H68O10. The zero-order chi connectivity index (χ0) is 39.5. The highest BCUT2D eigenvalue weighted by molar-refractivity contribution is 5.78. The summed E-state index contributed by atoms with van der Waals surface area (Å²) in [6.45, 7) is 0. The highest BCUT2D eigenvalue weighted by Gasteiger charge is 2.62. The van der Waals surface area contributed by atoms with Gasteiger partial charge in [-0.3, -0.25) is 19.2 Å². The lowest BCUT2D eigenvalue weighted by molar-refractivity contribution is -0.193. The third-order valence-corrected chi connectivity index (χ3v) is 18.3. The lowest BCUT2D eigenvalue weighted by Gasteiger charge is -2.58. The first-order valence-corrected chi connectivity index (χ1v) is 22.5. The van der Waals surface area contributed by atoms with Gasteiger partial charge in [0.2, 0.25) is 0 Å². The lowest BCUT2D eigenvalue weighted by atomic mass is 9.48. The molecule has 16 aliphatic rings. The maximum absolute atomic E-state index is 11.9. The van der Waals surface area contributed by atoms with Crippen LogP contribution in [0.15, 0.2) is 0 Å². The fraction of sp³-hybridized carbons (Fsp3) is 0.913. The van der Waals surface area contributed by atoms with Gasteiger partial charge in [0.25, 0.3) is 0 Å². The van der Waals surface area contributed by atoms with Crippen LogP contribution in [0, 0.1) is 80.8 Å². The molecule has 4 N–H and O–H groups in total. The monoisotopic (exact) mass is 780 g/mol. The van der Waals surface area contributed by atoms with Gasteiger partial charge in [0, 0.05) is 0 Å². The lowest BCUT2D eigenvalue weighted by Crippen LogP contribution is -2.58. The van der Waals surface area contributed by atoms with Crippen molar-refractivity contribution in [2.45, 2.75) is 165 Å². The molecule has 4 atom stereocenters. The van der Waals surface area contributed by atoms with Gasteiger partial charge in [-0.1, -0.05) is 0 Å². The van der Waals surface area contributed by atoms with Gasteiger partial charge in [-0.25, -0.2) is 0 Å². The van der Waals surface area contributed by atoms with Gasteiger partial charge in [0.05, 0.1) is 47.1 Å². The predicted octanol–water partition coefficient (Wildman–Crippen LogP) is 7.56. The molecule has 0 heterocycles. The number of ether oxygens (including phenoxy) is 2. The van der Waals surface area contributed by atoms with Gasteiger partial charge in [-0.05, 0) is 213 Å². The van der Waals surface area contributed by atoms with Crippen LogP contribution in [0.25, 0.3) is 0 Å². The van der Waals surface area contributed by atoms with Crippen molar-refractivity contribution >= 4 is 23.9 Å². The molecule has 56 heavy (non-hydrogen) atoms. The Morgan fingerprint density at radius 1 is 0.375 bits per heavy atom. The second kappa shape index (κ2) is 13.7. The van der Waals surface area contributed by atoms with Crippen molar-refractivity contribution in [1.29, 1.82) is 0 Å². The molecule has 16 bridgehead atoms. The summed E-state index contributed by atoms with van der Waals surface area (Å²) < 4.78 is 9.93. The maximum Gasteiger partial charge on any atom is 0.311 e. The van der Waals surface area contributed by atoms with Crippen LogP contribution >= 0.6 is 0 Å². The molecule has 0 aliphatic heterocycles. The number of esters is 2. The van der Waals surface area contributed by atoms with Crippen molar-refractivity contribution in [3.8, 4) is 0 Å². The van der Waals surface area contributed by atoms with Gasteiger partial charge in [0.1, 0.15) is 0 Å². The molecule has 10 heteroatoms. The summed E-state index contributed by atoms with van der Waals surface area (Å²) in [7, 11) is 3.01. The van der Waals surface area contributed by atoms with E-state index in [0.29, 0.717) is 36.5 Å². The van der Waals surface area contributed by atoms with Crippen LogP contribution in [0.1, 0.15) is 154 Å². The molecule has 0 saturated heterocycles. The summed E-state index contributed by atoms with van der Waals surface area (Å²) in [4.78, 5) is 46.3. The van der Waals surface area contributed by atoms with Crippen LogP contribution in [-0.4, -0.2) is 69.7 Å². The van der Waals surface area contributed by atoms with E-state index in [1.165, 1.54) is 52.1 Å². The van der Waals surface area contributed by atoms with E-state index in [-0.39, 0.29) is 28.2 Å². The van der Waals surface area contributed by atoms with E-state index in [4.69, 9.17) is 9.47 Å². The first kappa shape index (κ1) is 39.3. The normalized spacial score (nSPS) is 52.1. The second-order valence-electron chi connectivity index (χ2n) is 22.9. The minimum Gasteiger partial charge on any atom is -0.481 e. The topological polar surface area (TPSA) is 168 Å². The molecule has 0 amide bonds. The Bertz CT molecular complexity index is 1500. The van der Waals surface area contributed by atoms with E-state index in [9.17, 15) is 39.6 Å². The highest BCUT2D eigenvalue weighted by atomic mass is 16.5. The van der Waals surface area contributed by atoms with E-state index in [2.05, 4.69) is 0 Å². The molecule has 16 fully saturated rings. The summed E-state index contributed by atoms with van der Waals surface area (Å²) in [6, 6.07) is 0. The number of carbonyl (C=O) groups excluding carboxylic acids is 2. The number of rotatable bonds is 4. The Labute approximate surface area is 332 Å². The third-order valence-electron chi connectivity index (χ3n) is 18.3. The standard InChI is InChI=1S/C12H18O3.C12H18O2.C11H16O3.C11H16O2/c1-15-10(13)11-3-8-2-9(4-11)6-12(14,5-8)7-11;1-14-11(13)12-5-8-2-9(6-12)4-10(3-8)7-12;12-9(13)10-2-7-1-8(3-10)5-11(14,4-7)6-10;12-10(13)11-4-7-1-8(5-11)3-9(2-7)6-11/h8-9,14H,2-7H2,1H3;8-10H,2-7H2,1H3;7-8,14H,1-6H2,(H,12,13);7-9H,1-6H2,(H,12,13). The molecular weight excluding hydrogens is 712 g/mol. The molecule has 0 radical (unpaired) electrons. The number of methoxy groups -OCH3 is 2. The third kappa shape index (κ3) is 6.84. The summed E-state index contributed by atoms with van der Waals surface area (Å²) in [5.74, 6) is 5.61. The van der Waals surface area contributed by atoms with Gasteiger partial charge in [-0.15, -0.1) is 0 Å². The number of aliphatic carboxylic acids is 2. The largest absolute Gasteiger partial charge is 0.481 e. The summed E-state index contributed by atoms with van der Waals surface area (Å²) >= 11 is 0. The number of hydrogen-bond donors (Lipinski definition) is 4. The van der Waals surface area contributed by atoms with E-state index in [0.717, 1.165) is 132 Å². The molecule has 4 unspecified atom stereocenters. The molecule has 312 valence electrons. The van der Waals surface area contributed by atoms with Crippen molar-refractivity contribution in [3.05, 3.63) is 0 Å². The van der Waals surface area contributed by atoms with E-state index in [1.807, 2.05) is 0 Å². The number of carbonyl (C=O) groups is 4. The Morgan fingerprint density at radius 2 is 0.625 bits per heavy atom. The Balaban J connectivity index is 0.0000000976. The average molecular weight is 781 g/mol. The van der Waals surface area contributed by atoms with E-state index in [1.54, 1.807) is 7.11 Å². The second-order valence-corrected chi connectivity index (χ2v) is 22.9. The summed E-state index contributed by atoms with van der Waals surface area (Å²) in [6.07, 6.45) is 24.9. The summed E-state index contributed by atoms with van der Waals surface area (Å²) in [5.41, 5.74) is -2.44. The van der Waals surface area contributed by atoms with Crippen molar-refractivity contribution in [1.82, 2.24) is 0 Å². The van der Waals surface area contributed by atoms with Gasteiger partial charge in [0.15, 0.2) is 0 Å². The van der Waals surface area contributed by atoms with E-state index >= 15 is 0 Å². The average Bonchev–Trinajstić information content (AvgIpc) is 3.08. The van der Waals surface area contributed by atoms with Crippen LogP contribution in [0.3, 0.4) is 0 Å². The Morgan fingerprint density at radius 3 is 0.929 bits per heavy atom. The van der Waals surface area contributed by atoms with Crippen LogP contribution in [0.4, 0.5) is 0 Å². The van der Waals surface area contributed by atoms with Crippen molar-refractivity contribution in [2.24, 2.45) is 80.8 Å². The first-order chi connectivity index (χ1) is 26.5. The van der Waals surface area contributed by atoms with Crippen LogP contribution in [0.5, 0.6) is 0 Å². The SMILES string of the molecule is COC(=O)C12CC3CC(CC(C3)C1)C2.COC(=O)C12CC3CC(CC(O)(C3)C1)C2.O=C(O)C12CC3CC(CC(C3)C1)C2.O=C(O)C12CC3CC(CC(O)(C3)C1)C2. The molecule has 16 saturated carbocycles. The van der Waals surface area contributed by atoms with Crippen molar-refractivity contribution < 1.29 is 49.1 Å². The zero-order valence-electron chi connectivity index (χ0n) is 34.0. The molecule has 0 aromatic heterocycles. The van der Waals surface area contributed by atoms with Gasteiger partial charge >= 0.3 is 23.9 Å². The molecule has 0 aromatic carbocycles. The number of hydrogen-bond acceptors (Lipinski definition) is 8.